The average molecular weight is 222 g/mol. The van der Waals surface area contributed by atoms with Crippen LogP contribution >= 0.6 is 23.2 Å². The van der Waals surface area contributed by atoms with E-state index in [1.165, 1.54) is 13.3 Å². The highest BCUT2D eigenvalue weighted by atomic mass is 35.5. The molecule has 3 nitrogen and oxygen atoms in total. The van der Waals surface area contributed by atoms with Crippen LogP contribution in [0.3, 0.4) is 0 Å². The Morgan fingerprint density at radius 1 is 1.69 bits per heavy atom. The zero-order valence-electron chi connectivity index (χ0n) is 7.00. The first-order valence-electron chi connectivity index (χ1n) is 3.63. The molecule has 1 N–H and O–H groups in total. The van der Waals surface area contributed by atoms with Gasteiger partial charge < -0.3 is 9.84 Å². The number of halogens is 2. The maximum Gasteiger partial charge on any atom is 0.220 e. The highest BCUT2D eigenvalue weighted by molar-refractivity contribution is 6.31. The van der Waals surface area contributed by atoms with Gasteiger partial charge in [0.2, 0.25) is 5.88 Å². The highest BCUT2D eigenvalue weighted by Gasteiger charge is 2.16. The van der Waals surface area contributed by atoms with Gasteiger partial charge in [0.25, 0.3) is 0 Å². The van der Waals surface area contributed by atoms with E-state index < -0.39 is 6.10 Å². The van der Waals surface area contributed by atoms with Gasteiger partial charge in [-0.1, -0.05) is 11.6 Å². The summed E-state index contributed by atoms with van der Waals surface area (Å²) >= 11 is 11.3. The third-order valence-corrected chi connectivity index (χ3v) is 2.19. The molecule has 0 spiro atoms. The summed E-state index contributed by atoms with van der Waals surface area (Å²) in [5.74, 6) is 0.363. The minimum Gasteiger partial charge on any atom is -0.481 e. The van der Waals surface area contributed by atoms with E-state index >= 15 is 0 Å². The number of methoxy groups -OCH3 is 1. The number of pyridine rings is 1. The van der Waals surface area contributed by atoms with E-state index in [1.807, 2.05) is 0 Å². The molecule has 0 fully saturated rings. The Morgan fingerprint density at radius 2 is 2.38 bits per heavy atom. The fraction of sp³-hybridized carbons (Fsp3) is 0.375. The standard InChI is InChI=1S/C8H9Cl2NO2/c1-13-8-7(6(12)4-9)5(10)2-3-11-8/h2-3,6,12H,4H2,1H3. The van der Waals surface area contributed by atoms with Crippen molar-refractivity contribution in [1.82, 2.24) is 4.98 Å². The number of aliphatic hydroxyl groups excluding tert-OH is 1. The van der Waals surface area contributed by atoms with Gasteiger partial charge >= 0.3 is 0 Å². The number of nitrogens with zero attached hydrogens (tertiary/aromatic N) is 1. The topological polar surface area (TPSA) is 42.4 Å². The predicted octanol–water partition coefficient (Wildman–Crippen LogP) is 2.02. The van der Waals surface area contributed by atoms with Crippen molar-refractivity contribution >= 4 is 23.2 Å². The third-order valence-electron chi connectivity index (χ3n) is 1.57. The van der Waals surface area contributed by atoms with Gasteiger partial charge in [0, 0.05) is 6.20 Å². The number of rotatable bonds is 3. The predicted molar refractivity (Wildman–Crippen MR) is 51.5 cm³/mol. The Labute approximate surface area is 86.3 Å². The molecule has 1 unspecified atom stereocenters. The molecule has 5 heteroatoms. The van der Waals surface area contributed by atoms with Crippen molar-refractivity contribution in [2.24, 2.45) is 0 Å². The van der Waals surface area contributed by atoms with Crippen LogP contribution in [0, 0.1) is 0 Å². The van der Waals surface area contributed by atoms with Crippen molar-refractivity contribution in [3.63, 3.8) is 0 Å². The summed E-state index contributed by atoms with van der Waals surface area (Å²) in [4.78, 5) is 3.90. The number of hydrogen-bond acceptors (Lipinski definition) is 3. The second-order valence-electron chi connectivity index (χ2n) is 2.39. The summed E-state index contributed by atoms with van der Waals surface area (Å²) in [6.07, 6.45) is 0.656. The lowest BCUT2D eigenvalue weighted by atomic mass is 10.2. The van der Waals surface area contributed by atoms with Gasteiger partial charge in [-0.05, 0) is 6.07 Å². The molecule has 1 aromatic heterocycles. The highest BCUT2D eigenvalue weighted by Crippen LogP contribution is 2.30. The van der Waals surface area contributed by atoms with E-state index in [1.54, 1.807) is 6.07 Å². The third kappa shape index (κ3) is 2.24. The molecular formula is C8H9Cl2NO2. The summed E-state index contributed by atoms with van der Waals surface area (Å²) in [6, 6.07) is 1.58. The maximum absolute atomic E-state index is 9.49. The summed E-state index contributed by atoms with van der Waals surface area (Å²) < 4.78 is 4.93. The normalized spacial score (nSPS) is 12.6. The van der Waals surface area contributed by atoms with Crippen LogP contribution in [-0.4, -0.2) is 23.1 Å². The van der Waals surface area contributed by atoms with E-state index in [4.69, 9.17) is 27.9 Å². The van der Waals surface area contributed by atoms with Gasteiger partial charge in [-0.25, -0.2) is 4.98 Å². The molecule has 0 bridgehead atoms. The second kappa shape index (κ2) is 4.65. The van der Waals surface area contributed by atoms with E-state index in [2.05, 4.69) is 4.98 Å². The maximum atomic E-state index is 9.49. The Bertz CT molecular complexity index is 293. The van der Waals surface area contributed by atoms with Gasteiger partial charge in [0.15, 0.2) is 0 Å². The lowest BCUT2D eigenvalue weighted by molar-refractivity contribution is 0.196. The van der Waals surface area contributed by atoms with Gasteiger partial charge in [-0.15, -0.1) is 11.6 Å². The zero-order valence-corrected chi connectivity index (χ0v) is 8.51. The van der Waals surface area contributed by atoms with Crippen molar-refractivity contribution < 1.29 is 9.84 Å². The van der Waals surface area contributed by atoms with E-state index in [0.29, 0.717) is 16.5 Å². The first-order chi connectivity index (χ1) is 6.20. The summed E-state index contributed by atoms with van der Waals surface area (Å²) in [7, 11) is 1.46. The Balaban J connectivity index is 3.14. The molecule has 0 aliphatic heterocycles. The Morgan fingerprint density at radius 3 is 2.92 bits per heavy atom. The van der Waals surface area contributed by atoms with E-state index in [9.17, 15) is 5.11 Å². The largest absolute Gasteiger partial charge is 0.481 e. The lowest BCUT2D eigenvalue weighted by Crippen LogP contribution is -2.04. The Hall–Kier alpha value is -0.510. The summed E-state index contributed by atoms with van der Waals surface area (Å²) in [5.41, 5.74) is 0.432. The van der Waals surface area contributed by atoms with Crippen LogP contribution in [0.5, 0.6) is 5.88 Å². The summed E-state index contributed by atoms with van der Waals surface area (Å²) in [6.45, 7) is 0. The molecule has 0 saturated carbocycles. The van der Waals surface area contributed by atoms with Gasteiger partial charge in [0.1, 0.15) is 0 Å². The molecule has 0 aromatic carbocycles. The van der Waals surface area contributed by atoms with Crippen LogP contribution in [-0.2, 0) is 0 Å². The lowest BCUT2D eigenvalue weighted by Gasteiger charge is -2.12. The SMILES string of the molecule is COc1nccc(Cl)c1C(O)CCl. The van der Waals surface area contributed by atoms with Crippen LogP contribution in [0.2, 0.25) is 5.02 Å². The van der Waals surface area contributed by atoms with Gasteiger partial charge in [-0.3, -0.25) is 0 Å². The molecule has 1 rings (SSSR count). The van der Waals surface area contributed by atoms with Gasteiger partial charge in [-0.2, -0.15) is 0 Å². The number of alkyl halides is 1. The van der Waals surface area contributed by atoms with Crippen LogP contribution < -0.4 is 4.74 Å². The number of hydrogen-bond donors (Lipinski definition) is 1. The van der Waals surface area contributed by atoms with Crippen LogP contribution in [0.25, 0.3) is 0 Å². The molecule has 0 saturated heterocycles. The zero-order chi connectivity index (χ0) is 9.84. The van der Waals surface area contributed by atoms with Crippen molar-refractivity contribution in [2.45, 2.75) is 6.10 Å². The monoisotopic (exact) mass is 221 g/mol. The molecule has 1 heterocycles. The molecular weight excluding hydrogens is 213 g/mol. The minimum atomic E-state index is -0.849. The number of aromatic nitrogens is 1. The quantitative estimate of drug-likeness (QED) is 0.795. The van der Waals surface area contributed by atoms with E-state index in [-0.39, 0.29) is 5.88 Å². The van der Waals surface area contributed by atoms with Gasteiger partial charge in [0.05, 0.1) is 29.7 Å². The second-order valence-corrected chi connectivity index (χ2v) is 3.10. The molecule has 0 aliphatic rings. The molecule has 1 aromatic rings. The smallest absolute Gasteiger partial charge is 0.220 e. The minimum absolute atomic E-state index is 0.0573. The van der Waals surface area contributed by atoms with Crippen LogP contribution in [0.1, 0.15) is 11.7 Å². The first-order valence-corrected chi connectivity index (χ1v) is 4.54. The van der Waals surface area contributed by atoms with Crippen LogP contribution in [0.15, 0.2) is 12.3 Å². The van der Waals surface area contributed by atoms with Crippen molar-refractivity contribution in [2.75, 3.05) is 13.0 Å². The first kappa shape index (κ1) is 10.6. The van der Waals surface area contributed by atoms with Crippen molar-refractivity contribution in [1.29, 1.82) is 0 Å². The average Bonchev–Trinajstić information content (AvgIpc) is 2.16. The van der Waals surface area contributed by atoms with Crippen molar-refractivity contribution in [3.8, 4) is 5.88 Å². The van der Waals surface area contributed by atoms with E-state index in [0.717, 1.165) is 0 Å². The molecule has 72 valence electrons. The Kier molecular flexibility index (Phi) is 3.78. The summed E-state index contributed by atoms with van der Waals surface area (Å²) in [5, 5.41) is 9.89. The molecule has 1 atom stereocenters. The fourth-order valence-electron chi connectivity index (χ4n) is 0.973. The molecule has 0 aliphatic carbocycles. The van der Waals surface area contributed by atoms with Crippen LogP contribution in [0.4, 0.5) is 0 Å². The number of ether oxygens (including phenoxy) is 1. The number of aliphatic hydroxyl groups is 1. The molecule has 13 heavy (non-hydrogen) atoms. The molecule has 0 radical (unpaired) electrons. The fourth-order valence-corrected chi connectivity index (χ4v) is 1.39. The molecule has 0 amide bonds. The van der Waals surface area contributed by atoms with Crippen molar-refractivity contribution in [3.05, 3.63) is 22.8 Å².